The van der Waals surface area contributed by atoms with Crippen molar-refractivity contribution in [2.24, 2.45) is 0 Å². The lowest BCUT2D eigenvalue weighted by atomic mass is 10.1. The largest absolute Gasteiger partial charge is 0.317 e. The zero-order valence-electron chi connectivity index (χ0n) is 10.2. The molecule has 1 fully saturated rings. The van der Waals surface area contributed by atoms with Crippen molar-refractivity contribution in [2.75, 3.05) is 6.54 Å². The van der Waals surface area contributed by atoms with Crippen molar-refractivity contribution in [3.05, 3.63) is 21.9 Å². The molecule has 1 N–H and O–H groups in total. The number of hydrogen-bond donors (Lipinski definition) is 1. The monoisotopic (exact) mass is 266 g/mol. The van der Waals surface area contributed by atoms with Crippen LogP contribution in [0.5, 0.6) is 0 Å². The van der Waals surface area contributed by atoms with Crippen molar-refractivity contribution in [1.82, 2.24) is 10.2 Å². The van der Waals surface area contributed by atoms with Crippen LogP contribution in [0.15, 0.2) is 10.8 Å². The first kappa shape index (κ1) is 12.8. The van der Waals surface area contributed by atoms with Gasteiger partial charge in [-0.05, 0) is 24.3 Å². The van der Waals surface area contributed by atoms with Crippen molar-refractivity contribution < 1.29 is 14.4 Å². The predicted molar refractivity (Wildman–Crippen MR) is 67.3 cm³/mol. The van der Waals surface area contributed by atoms with Gasteiger partial charge in [0.1, 0.15) is 12.6 Å². The zero-order valence-corrected chi connectivity index (χ0v) is 11.0. The fourth-order valence-corrected chi connectivity index (χ4v) is 2.84. The molecule has 96 valence electrons. The molecule has 0 aliphatic carbocycles. The SMILES string of the molecule is CCC1C(=O)NC(=O)CN1C(=O)c1cscc1C. The Bertz CT molecular complexity index is 509. The first-order valence-electron chi connectivity index (χ1n) is 5.72. The fourth-order valence-electron chi connectivity index (χ4n) is 2.02. The summed E-state index contributed by atoms with van der Waals surface area (Å²) in [6, 6.07) is -0.561. The van der Waals surface area contributed by atoms with Gasteiger partial charge in [-0.1, -0.05) is 6.92 Å². The Morgan fingerprint density at radius 3 is 2.78 bits per heavy atom. The van der Waals surface area contributed by atoms with Crippen LogP contribution < -0.4 is 5.32 Å². The number of nitrogens with one attached hydrogen (secondary N) is 1. The summed E-state index contributed by atoms with van der Waals surface area (Å²) in [4.78, 5) is 36.8. The highest BCUT2D eigenvalue weighted by molar-refractivity contribution is 7.08. The number of thiophene rings is 1. The molecule has 0 bridgehead atoms. The van der Waals surface area contributed by atoms with Crippen LogP contribution in [0.1, 0.15) is 29.3 Å². The number of carbonyl (C=O) groups is 3. The lowest BCUT2D eigenvalue weighted by Crippen LogP contribution is -2.59. The molecule has 0 spiro atoms. The Labute approximate surface area is 109 Å². The summed E-state index contributed by atoms with van der Waals surface area (Å²) >= 11 is 1.44. The standard InChI is InChI=1S/C12H14N2O3S/c1-3-9-11(16)13-10(15)4-14(9)12(17)8-6-18-5-7(8)2/h5-6,9H,3-4H2,1-2H3,(H,13,15,16). The summed E-state index contributed by atoms with van der Waals surface area (Å²) in [5.74, 6) is -1.07. The second-order valence-corrected chi connectivity index (χ2v) is 4.98. The average molecular weight is 266 g/mol. The Hall–Kier alpha value is -1.69. The van der Waals surface area contributed by atoms with Gasteiger partial charge in [-0.15, -0.1) is 0 Å². The Morgan fingerprint density at radius 1 is 1.50 bits per heavy atom. The molecule has 5 nitrogen and oxygen atoms in total. The van der Waals surface area contributed by atoms with E-state index in [9.17, 15) is 14.4 Å². The highest BCUT2D eigenvalue weighted by Crippen LogP contribution is 2.19. The van der Waals surface area contributed by atoms with Crippen LogP contribution in [-0.2, 0) is 9.59 Å². The predicted octanol–water partition coefficient (Wildman–Crippen LogP) is 0.934. The maximum Gasteiger partial charge on any atom is 0.256 e. The molecule has 1 aliphatic rings. The molecule has 3 amide bonds. The average Bonchev–Trinajstić information content (AvgIpc) is 2.73. The topological polar surface area (TPSA) is 66.5 Å². The van der Waals surface area contributed by atoms with Gasteiger partial charge in [0.15, 0.2) is 0 Å². The molecule has 2 heterocycles. The Balaban J connectivity index is 2.30. The summed E-state index contributed by atoms with van der Waals surface area (Å²) in [5, 5.41) is 5.88. The molecule has 1 saturated heterocycles. The number of imide groups is 1. The summed E-state index contributed by atoms with van der Waals surface area (Å²) in [6.45, 7) is 3.61. The van der Waals surface area contributed by atoms with E-state index in [1.54, 1.807) is 5.38 Å². The molecule has 1 atom stereocenters. The molecule has 1 aromatic rings. The van der Waals surface area contributed by atoms with E-state index in [1.807, 2.05) is 19.2 Å². The lowest BCUT2D eigenvalue weighted by Gasteiger charge is -2.33. The van der Waals surface area contributed by atoms with E-state index in [-0.39, 0.29) is 12.5 Å². The van der Waals surface area contributed by atoms with E-state index in [1.165, 1.54) is 16.2 Å². The van der Waals surface area contributed by atoms with Crippen LogP contribution in [-0.4, -0.2) is 35.2 Å². The number of aryl methyl sites for hydroxylation is 1. The van der Waals surface area contributed by atoms with Gasteiger partial charge in [0.05, 0.1) is 5.56 Å². The van der Waals surface area contributed by atoms with Crippen molar-refractivity contribution in [3.63, 3.8) is 0 Å². The van der Waals surface area contributed by atoms with Gasteiger partial charge in [0.25, 0.3) is 5.91 Å². The van der Waals surface area contributed by atoms with E-state index in [2.05, 4.69) is 5.32 Å². The minimum Gasteiger partial charge on any atom is -0.317 e. The Kier molecular flexibility index (Phi) is 3.47. The molecule has 1 aliphatic heterocycles. The highest BCUT2D eigenvalue weighted by atomic mass is 32.1. The molecule has 6 heteroatoms. The molecule has 2 rings (SSSR count). The van der Waals surface area contributed by atoms with Crippen molar-refractivity contribution in [2.45, 2.75) is 26.3 Å². The molecule has 18 heavy (non-hydrogen) atoms. The van der Waals surface area contributed by atoms with E-state index >= 15 is 0 Å². The number of piperazine rings is 1. The number of amides is 3. The van der Waals surface area contributed by atoms with Gasteiger partial charge >= 0.3 is 0 Å². The number of rotatable bonds is 2. The number of carbonyl (C=O) groups excluding carboxylic acids is 3. The first-order valence-corrected chi connectivity index (χ1v) is 6.66. The third kappa shape index (κ3) is 2.15. The molecule has 1 aromatic heterocycles. The van der Waals surface area contributed by atoms with Crippen LogP contribution in [0.4, 0.5) is 0 Å². The van der Waals surface area contributed by atoms with Gasteiger partial charge in [0.2, 0.25) is 11.8 Å². The molecule has 0 saturated carbocycles. The molecule has 1 unspecified atom stereocenters. The van der Waals surface area contributed by atoms with Crippen molar-refractivity contribution in [1.29, 1.82) is 0 Å². The molecule has 0 radical (unpaired) electrons. The van der Waals surface area contributed by atoms with Crippen molar-refractivity contribution >= 4 is 29.1 Å². The number of nitrogens with zero attached hydrogens (tertiary/aromatic N) is 1. The van der Waals surface area contributed by atoms with Gasteiger partial charge < -0.3 is 4.90 Å². The van der Waals surface area contributed by atoms with Crippen LogP contribution in [0.25, 0.3) is 0 Å². The van der Waals surface area contributed by atoms with Gasteiger partial charge in [0, 0.05) is 5.38 Å². The second-order valence-electron chi connectivity index (χ2n) is 4.24. The van der Waals surface area contributed by atoms with Crippen LogP contribution in [0, 0.1) is 6.92 Å². The fraction of sp³-hybridized carbons (Fsp3) is 0.417. The minimum atomic E-state index is -0.561. The van der Waals surface area contributed by atoms with Crippen LogP contribution >= 0.6 is 11.3 Å². The lowest BCUT2D eigenvalue weighted by molar-refractivity contribution is -0.138. The normalized spacial score (nSPS) is 19.9. The quantitative estimate of drug-likeness (QED) is 0.810. The van der Waals surface area contributed by atoms with E-state index in [0.29, 0.717) is 12.0 Å². The summed E-state index contributed by atoms with van der Waals surface area (Å²) < 4.78 is 0. The van der Waals surface area contributed by atoms with E-state index in [0.717, 1.165) is 5.56 Å². The molecular weight excluding hydrogens is 252 g/mol. The second kappa shape index (κ2) is 4.89. The summed E-state index contributed by atoms with van der Waals surface area (Å²) in [7, 11) is 0. The third-order valence-electron chi connectivity index (χ3n) is 2.99. The third-order valence-corrected chi connectivity index (χ3v) is 3.85. The molecular formula is C12H14N2O3S. The highest BCUT2D eigenvalue weighted by Gasteiger charge is 2.36. The maximum atomic E-state index is 12.3. The maximum absolute atomic E-state index is 12.3. The summed E-state index contributed by atoms with van der Waals surface area (Å²) in [6.07, 6.45) is 0.494. The van der Waals surface area contributed by atoms with E-state index in [4.69, 9.17) is 0 Å². The number of hydrogen-bond acceptors (Lipinski definition) is 4. The zero-order chi connectivity index (χ0) is 13.3. The van der Waals surface area contributed by atoms with Crippen LogP contribution in [0.2, 0.25) is 0 Å². The minimum absolute atomic E-state index is 0.0572. The molecule has 0 aromatic carbocycles. The van der Waals surface area contributed by atoms with Crippen molar-refractivity contribution in [3.8, 4) is 0 Å². The van der Waals surface area contributed by atoms with Gasteiger partial charge in [-0.25, -0.2) is 0 Å². The van der Waals surface area contributed by atoms with Crippen LogP contribution in [0.3, 0.4) is 0 Å². The Morgan fingerprint density at radius 2 is 2.22 bits per heavy atom. The first-order chi connectivity index (χ1) is 8.54. The summed E-state index contributed by atoms with van der Waals surface area (Å²) in [5.41, 5.74) is 1.44. The van der Waals surface area contributed by atoms with Gasteiger partial charge in [-0.2, -0.15) is 11.3 Å². The smallest absolute Gasteiger partial charge is 0.256 e. The van der Waals surface area contributed by atoms with Gasteiger partial charge in [-0.3, -0.25) is 19.7 Å². The van der Waals surface area contributed by atoms with E-state index < -0.39 is 17.9 Å².